The molecule has 0 aromatic rings. The lowest BCUT2D eigenvalue weighted by molar-refractivity contribution is -0.131. The van der Waals surface area contributed by atoms with Crippen LogP contribution in [-0.2, 0) is 9.53 Å². The molecule has 0 aliphatic heterocycles. The molecule has 0 saturated heterocycles. The number of nitrogens with one attached hydrogen (secondary N) is 1. The molecule has 0 fully saturated rings. The van der Waals surface area contributed by atoms with E-state index in [1.807, 2.05) is 6.92 Å². The molecule has 0 saturated carbocycles. The maximum Gasteiger partial charge on any atom is 0.248 e. The summed E-state index contributed by atoms with van der Waals surface area (Å²) in [5.74, 6) is 0.267. The molecule has 2 unspecified atom stereocenters. The Morgan fingerprint density at radius 3 is 2.67 bits per heavy atom. The normalized spacial score (nSPS) is 14.7. The smallest absolute Gasteiger partial charge is 0.248 e. The Labute approximate surface area is 92.6 Å². The zero-order valence-electron chi connectivity index (χ0n) is 10.1. The average Bonchev–Trinajstić information content (AvgIpc) is 2.25. The fourth-order valence-electron chi connectivity index (χ4n) is 0.982. The topological polar surface area (TPSA) is 64.3 Å². The summed E-state index contributed by atoms with van der Waals surface area (Å²) >= 11 is 0. The highest BCUT2D eigenvalue weighted by Gasteiger charge is 2.12. The predicted molar refractivity (Wildman–Crippen MR) is 61.6 cm³/mol. The molecule has 3 N–H and O–H groups in total. The van der Waals surface area contributed by atoms with E-state index >= 15 is 0 Å². The average molecular weight is 216 g/mol. The quantitative estimate of drug-likeness (QED) is 0.593. The zero-order valence-corrected chi connectivity index (χ0v) is 10.1. The van der Waals surface area contributed by atoms with Gasteiger partial charge in [0.05, 0.1) is 0 Å². The molecule has 4 nitrogen and oxygen atoms in total. The number of carbonyl (C=O) groups is 1. The van der Waals surface area contributed by atoms with Crippen molar-refractivity contribution >= 4 is 5.91 Å². The molecule has 0 aliphatic carbocycles. The van der Waals surface area contributed by atoms with Crippen LogP contribution >= 0.6 is 0 Å². The van der Waals surface area contributed by atoms with Gasteiger partial charge in [0.25, 0.3) is 0 Å². The molecular weight excluding hydrogens is 192 g/mol. The highest BCUT2D eigenvalue weighted by atomic mass is 16.5. The fourth-order valence-corrected chi connectivity index (χ4v) is 0.982. The van der Waals surface area contributed by atoms with Gasteiger partial charge in [-0.15, -0.1) is 0 Å². The van der Waals surface area contributed by atoms with E-state index < -0.39 is 0 Å². The van der Waals surface area contributed by atoms with Crippen LogP contribution in [0.15, 0.2) is 0 Å². The van der Waals surface area contributed by atoms with Crippen molar-refractivity contribution < 1.29 is 9.53 Å². The number of amides is 1. The van der Waals surface area contributed by atoms with Crippen LogP contribution in [0.3, 0.4) is 0 Å². The lowest BCUT2D eigenvalue weighted by Crippen LogP contribution is -2.38. The maximum atomic E-state index is 11.5. The molecule has 4 heteroatoms. The van der Waals surface area contributed by atoms with Crippen molar-refractivity contribution in [2.24, 2.45) is 11.7 Å². The summed E-state index contributed by atoms with van der Waals surface area (Å²) in [4.78, 5) is 11.5. The number of hydrogen-bond donors (Lipinski definition) is 2. The molecule has 0 aromatic heterocycles. The van der Waals surface area contributed by atoms with Crippen molar-refractivity contribution in [1.82, 2.24) is 5.32 Å². The fraction of sp³-hybridized carbons (Fsp3) is 0.909. The number of carbonyl (C=O) groups excluding carboxylic acids is 1. The first-order valence-corrected chi connectivity index (χ1v) is 5.71. The van der Waals surface area contributed by atoms with Crippen LogP contribution in [0.25, 0.3) is 0 Å². The molecular formula is C11H24N2O2. The van der Waals surface area contributed by atoms with Gasteiger partial charge in [0, 0.05) is 13.2 Å². The van der Waals surface area contributed by atoms with Gasteiger partial charge < -0.3 is 15.8 Å². The summed E-state index contributed by atoms with van der Waals surface area (Å²) < 4.78 is 5.37. The minimum absolute atomic E-state index is 0.0496. The molecule has 0 spiro atoms. The molecule has 1 amide bonds. The van der Waals surface area contributed by atoms with Gasteiger partial charge in [-0.3, -0.25) is 4.79 Å². The van der Waals surface area contributed by atoms with Gasteiger partial charge in [-0.1, -0.05) is 20.3 Å². The van der Waals surface area contributed by atoms with Crippen LogP contribution in [-0.4, -0.2) is 31.7 Å². The Hall–Kier alpha value is -0.610. The molecule has 0 rings (SSSR count). The summed E-state index contributed by atoms with van der Waals surface area (Å²) in [6.07, 6.45) is 1.72. The molecule has 0 heterocycles. The van der Waals surface area contributed by atoms with E-state index in [0.29, 0.717) is 25.6 Å². The minimum atomic E-state index is -0.360. The molecule has 15 heavy (non-hydrogen) atoms. The largest absolute Gasteiger partial charge is 0.369 e. The predicted octanol–water partition coefficient (Wildman–Crippen LogP) is 0.903. The van der Waals surface area contributed by atoms with E-state index in [0.717, 1.165) is 12.8 Å². The summed E-state index contributed by atoms with van der Waals surface area (Å²) in [7, 11) is 0. The highest BCUT2D eigenvalue weighted by Crippen LogP contribution is 1.96. The van der Waals surface area contributed by atoms with Crippen LogP contribution in [0.4, 0.5) is 0 Å². The number of unbranched alkanes of at least 4 members (excludes halogenated alkanes) is 1. The Morgan fingerprint density at radius 1 is 1.47 bits per heavy atom. The first-order chi connectivity index (χ1) is 7.11. The zero-order chi connectivity index (χ0) is 11.7. The van der Waals surface area contributed by atoms with E-state index in [1.165, 1.54) is 0 Å². The molecule has 0 aromatic carbocycles. The van der Waals surface area contributed by atoms with Gasteiger partial charge in [-0.25, -0.2) is 0 Å². The summed E-state index contributed by atoms with van der Waals surface area (Å²) in [6, 6.07) is 0. The second-order valence-electron chi connectivity index (χ2n) is 3.95. The van der Waals surface area contributed by atoms with Gasteiger partial charge in [0.15, 0.2) is 0 Å². The second-order valence-corrected chi connectivity index (χ2v) is 3.95. The molecule has 2 atom stereocenters. The van der Waals surface area contributed by atoms with Crippen molar-refractivity contribution in [2.75, 3.05) is 19.7 Å². The number of hydrogen-bond acceptors (Lipinski definition) is 3. The number of rotatable bonds is 8. The van der Waals surface area contributed by atoms with Crippen molar-refractivity contribution in [1.29, 1.82) is 0 Å². The van der Waals surface area contributed by atoms with E-state index in [-0.39, 0.29) is 12.0 Å². The third-order valence-corrected chi connectivity index (χ3v) is 2.26. The Bertz CT molecular complexity index is 174. The third kappa shape index (κ3) is 7.33. The van der Waals surface area contributed by atoms with Gasteiger partial charge in [0.2, 0.25) is 5.91 Å². The summed E-state index contributed by atoms with van der Waals surface area (Å²) in [5, 5.41) is 2.82. The maximum absolute atomic E-state index is 11.5. The van der Waals surface area contributed by atoms with Gasteiger partial charge >= 0.3 is 0 Å². The van der Waals surface area contributed by atoms with Crippen LogP contribution in [0.5, 0.6) is 0 Å². The van der Waals surface area contributed by atoms with Crippen LogP contribution < -0.4 is 11.1 Å². The van der Waals surface area contributed by atoms with Crippen molar-refractivity contribution in [3.05, 3.63) is 0 Å². The van der Waals surface area contributed by atoms with E-state index in [1.54, 1.807) is 6.92 Å². The second kappa shape index (κ2) is 8.68. The van der Waals surface area contributed by atoms with Crippen LogP contribution in [0, 0.1) is 5.92 Å². The first kappa shape index (κ1) is 14.4. The number of ether oxygens (including phenoxy) is 1. The molecule has 0 radical (unpaired) electrons. The SMILES string of the molecule is CCCCOC(C)C(=O)NCC(C)CN. The van der Waals surface area contributed by atoms with Crippen molar-refractivity contribution in [3.63, 3.8) is 0 Å². The van der Waals surface area contributed by atoms with Gasteiger partial charge in [-0.2, -0.15) is 0 Å². The lowest BCUT2D eigenvalue weighted by Gasteiger charge is -2.15. The monoisotopic (exact) mass is 216 g/mol. The Morgan fingerprint density at radius 2 is 2.13 bits per heavy atom. The summed E-state index contributed by atoms with van der Waals surface area (Å²) in [6.45, 7) is 7.73. The number of nitrogens with two attached hydrogens (primary N) is 1. The van der Waals surface area contributed by atoms with E-state index in [2.05, 4.69) is 12.2 Å². The van der Waals surface area contributed by atoms with Crippen LogP contribution in [0.2, 0.25) is 0 Å². The Balaban J connectivity index is 3.60. The van der Waals surface area contributed by atoms with Gasteiger partial charge in [-0.05, 0) is 25.8 Å². The first-order valence-electron chi connectivity index (χ1n) is 5.71. The van der Waals surface area contributed by atoms with Crippen molar-refractivity contribution in [3.8, 4) is 0 Å². The van der Waals surface area contributed by atoms with Crippen molar-refractivity contribution in [2.45, 2.75) is 39.7 Å². The van der Waals surface area contributed by atoms with E-state index in [4.69, 9.17) is 10.5 Å². The highest BCUT2D eigenvalue weighted by molar-refractivity contribution is 5.80. The standard InChI is InChI=1S/C11H24N2O2/c1-4-5-6-15-10(3)11(14)13-8-9(2)7-12/h9-10H,4-8,12H2,1-3H3,(H,13,14). The molecule has 0 bridgehead atoms. The molecule has 0 aliphatic rings. The van der Waals surface area contributed by atoms with E-state index in [9.17, 15) is 4.79 Å². The Kier molecular flexibility index (Phi) is 8.33. The summed E-state index contributed by atoms with van der Waals surface area (Å²) in [5.41, 5.74) is 5.45. The molecule has 90 valence electrons. The third-order valence-electron chi connectivity index (χ3n) is 2.26. The lowest BCUT2D eigenvalue weighted by atomic mass is 10.2. The minimum Gasteiger partial charge on any atom is -0.369 e. The van der Waals surface area contributed by atoms with Crippen LogP contribution in [0.1, 0.15) is 33.6 Å². The van der Waals surface area contributed by atoms with Gasteiger partial charge in [0.1, 0.15) is 6.10 Å².